The molecule has 2 atom stereocenters. The number of hydrogen-bond acceptors (Lipinski definition) is 4. The highest BCUT2D eigenvalue weighted by Gasteiger charge is 2.48. The van der Waals surface area contributed by atoms with Crippen molar-refractivity contribution < 1.29 is 22.7 Å². The molecule has 118 valence electrons. The number of carbonyl (C=O) groups is 1. The van der Waals surface area contributed by atoms with Gasteiger partial charge in [0.05, 0.1) is 13.7 Å². The van der Waals surface area contributed by atoms with Gasteiger partial charge in [-0.1, -0.05) is 0 Å². The molecule has 0 aromatic carbocycles. The molecule has 2 unspecified atom stereocenters. The van der Waals surface area contributed by atoms with E-state index in [1.807, 2.05) is 0 Å². The van der Waals surface area contributed by atoms with Gasteiger partial charge in [0, 0.05) is 12.1 Å². The maximum absolute atomic E-state index is 12.7. The van der Waals surface area contributed by atoms with E-state index in [9.17, 15) is 18.0 Å². The molecule has 1 N–H and O–H groups in total. The molecule has 1 fully saturated rings. The van der Waals surface area contributed by atoms with E-state index < -0.39 is 24.2 Å². The van der Waals surface area contributed by atoms with Crippen molar-refractivity contribution in [2.75, 3.05) is 20.7 Å². The third kappa shape index (κ3) is 3.85. The fraction of sp³-hybridized carbons (Fsp3) is 0.923. The van der Waals surface area contributed by atoms with Crippen molar-refractivity contribution in [1.82, 2.24) is 10.2 Å². The molecule has 4 nitrogen and oxygen atoms in total. The van der Waals surface area contributed by atoms with Crippen LogP contribution >= 0.6 is 0 Å². The molecule has 7 heteroatoms. The summed E-state index contributed by atoms with van der Waals surface area (Å²) in [4.78, 5) is 13.3. The van der Waals surface area contributed by atoms with Gasteiger partial charge in [-0.25, -0.2) is 0 Å². The van der Waals surface area contributed by atoms with Crippen LogP contribution in [0, 0.1) is 0 Å². The highest BCUT2D eigenvalue weighted by atomic mass is 19.4. The van der Waals surface area contributed by atoms with Crippen LogP contribution in [0.25, 0.3) is 0 Å². The summed E-state index contributed by atoms with van der Waals surface area (Å²) in [6.07, 6.45) is -2.86. The monoisotopic (exact) mass is 296 g/mol. The van der Waals surface area contributed by atoms with Gasteiger partial charge in [0.25, 0.3) is 0 Å². The van der Waals surface area contributed by atoms with Gasteiger partial charge in [0.1, 0.15) is 5.54 Å². The van der Waals surface area contributed by atoms with Gasteiger partial charge in [-0.05, 0) is 40.2 Å². The summed E-state index contributed by atoms with van der Waals surface area (Å²) in [7, 11) is 2.94. The Kier molecular flexibility index (Phi) is 5.43. The van der Waals surface area contributed by atoms with Crippen LogP contribution in [0.4, 0.5) is 13.2 Å². The Morgan fingerprint density at radius 3 is 2.50 bits per heavy atom. The number of ether oxygens (including phenoxy) is 1. The molecular weight excluding hydrogens is 273 g/mol. The largest absolute Gasteiger partial charge is 0.468 e. The fourth-order valence-electron chi connectivity index (χ4n) is 2.95. The molecule has 0 aromatic heterocycles. The van der Waals surface area contributed by atoms with Crippen molar-refractivity contribution >= 4 is 5.97 Å². The van der Waals surface area contributed by atoms with Gasteiger partial charge in [0.15, 0.2) is 0 Å². The first-order valence-electron chi connectivity index (χ1n) is 6.75. The third-order valence-corrected chi connectivity index (χ3v) is 4.04. The average molecular weight is 296 g/mol. The minimum absolute atomic E-state index is 0.230. The topological polar surface area (TPSA) is 41.6 Å². The number of esters is 1. The number of nitrogens with zero attached hydrogens (tertiary/aromatic N) is 1. The van der Waals surface area contributed by atoms with Crippen LogP contribution < -0.4 is 5.32 Å². The number of alkyl halides is 3. The van der Waals surface area contributed by atoms with E-state index in [-0.39, 0.29) is 12.1 Å². The van der Waals surface area contributed by atoms with E-state index >= 15 is 0 Å². The Hall–Kier alpha value is -0.820. The van der Waals surface area contributed by atoms with Crippen LogP contribution in [-0.4, -0.2) is 55.4 Å². The maximum atomic E-state index is 12.7. The molecule has 0 heterocycles. The van der Waals surface area contributed by atoms with Crippen molar-refractivity contribution in [3.8, 4) is 0 Å². The number of carbonyl (C=O) groups excluding carboxylic acids is 1. The first-order valence-corrected chi connectivity index (χ1v) is 6.75. The standard InChI is InChI=1S/C13H23F3N2O2/c1-9(2)18(8-13(14,15)16)10-5-6-12(7-10,17-3)11(19)20-4/h9-10,17H,5-8H2,1-4H3. The average Bonchev–Trinajstić information content (AvgIpc) is 2.79. The second-order valence-corrected chi connectivity index (χ2v) is 5.60. The maximum Gasteiger partial charge on any atom is 0.401 e. The summed E-state index contributed by atoms with van der Waals surface area (Å²) < 4.78 is 42.8. The number of nitrogens with one attached hydrogen (secondary N) is 1. The predicted octanol–water partition coefficient (Wildman–Crippen LogP) is 1.94. The van der Waals surface area contributed by atoms with Gasteiger partial charge in [-0.2, -0.15) is 13.2 Å². The Labute approximate surface area is 117 Å². The molecular formula is C13H23F3N2O2. The summed E-state index contributed by atoms with van der Waals surface area (Å²) in [5, 5.41) is 2.93. The van der Waals surface area contributed by atoms with Crippen LogP contribution in [0.2, 0.25) is 0 Å². The van der Waals surface area contributed by atoms with Crippen LogP contribution in [0.15, 0.2) is 0 Å². The number of rotatable bonds is 5. The molecule has 20 heavy (non-hydrogen) atoms. The van der Waals surface area contributed by atoms with Crippen LogP contribution in [0.5, 0.6) is 0 Å². The quantitative estimate of drug-likeness (QED) is 0.787. The van der Waals surface area contributed by atoms with Crippen molar-refractivity contribution in [2.45, 2.75) is 56.9 Å². The normalized spacial score (nSPS) is 27.4. The minimum Gasteiger partial charge on any atom is -0.468 e. The lowest BCUT2D eigenvalue weighted by atomic mass is 9.97. The molecule has 0 aliphatic heterocycles. The van der Waals surface area contributed by atoms with E-state index in [4.69, 9.17) is 4.74 Å². The summed E-state index contributed by atoms with van der Waals surface area (Å²) in [6, 6.07) is -0.505. The van der Waals surface area contributed by atoms with Gasteiger partial charge in [-0.3, -0.25) is 9.69 Å². The molecule has 0 bridgehead atoms. The van der Waals surface area contributed by atoms with Crippen LogP contribution in [-0.2, 0) is 9.53 Å². The second kappa shape index (κ2) is 6.30. The zero-order valence-electron chi connectivity index (χ0n) is 12.4. The first kappa shape index (κ1) is 17.2. The predicted molar refractivity (Wildman–Crippen MR) is 69.3 cm³/mol. The molecule has 1 aliphatic rings. The summed E-state index contributed by atoms with van der Waals surface area (Å²) in [5.74, 6) is -0.404. The highest BCUT2D eigenvalue weighted by molar-refractivity contribution is 5.81. The zero-order chi connectivity index (χ0) is 15.6. The third-order valence-electron chi connectivity index (χ3n) is 4.04. The molecule has 0 aromatic rings. The number of hydrogen-bond donors (Lipinski definition) is 1. The second-order valence-electron chi connectivity index (χ2n) is 5.60. The van der Waals surface area contributed by atoms with E-state index in [0.29, 0.717) is 19.3 Å². The summed E-state index contributed by atoms with van der Waals surface area (Å²) in [5.41, 5.74) is -0.863. The van der Waals surface area contributed by atoms with Gasteiger partial charge in [-0.15, -0.1) is 0 Å². The van der Waals surface area contributed by atoms with Crippen LogP contribution in [0.3, 0.4) is 0 Å². The van der Waals surface area contributed by atoms with Crippen molar-refractivity contribution in [3.63, 3.8) is 0 Å². The zero-order valence-corrected chi connectivity index (χ0v) is 12.4. The first-order chi connectivity index (χ1) is 9.15. The van der Waals surface area contributed by atoms with Gasteiger partial charge < -0.3 is 10.1 Å². The lowest BCUT2D eigenvalue weighted by Gasteiger charge is -2.34. The lowest BCUT2D eigenvalue weighted by molar-refractivity contribution is -0.156. The van der Waals surface area contributed by atoms with E-state index in [1.165, 1.54) is 12.0 Å². The molecule has 0 saturated heterocycles. The molecule has 1 saturated carbocycles. The molecule has 1 rings (SSSR count). The smallest absolute Gasteiger partial charge is 0.401 e. The number of likely N-dealkylation sites (N-methyl/N-ethyl adjacent to an activating group) is 1. The Morgan fingerprint density at radius 2 is 2.10 bits per heavy atom. The SMILES string of the molecule is CNC1(C(=O)OC)CCC(N(CC(F)(F)F)C(C)C)C1. The van der Waals surface area contributed by atoms with E-state index in [1.54, 1.807) is 20.9 Å². The summed E-state index contributed by atoms with van der Waals surface area (Å²) in [6.45, 7) is 2.53. The fourth-order valence-corrected chi connectivity index (χ4v) is 2.95. The minimum atomic E-state index is -4.24. The summed E-state index contributed by atoms with van der Waals surface area (Å²) >= 11 is 0. The molecule has 0 spiro atoms. The van der Waals surface area contributed by atoms with Crippen LogP contribution in [0.1, 0.15) is 33.1 Å². The van der Waals surface area contributed by atoms with Crippen molar-refractivity contribution in [2.24, 2.45) is 0 Å². The Balaban J connectivity index is 2.84. The Bertz CT molecular complexity index is 347. The number of methoxy groups -OCH3 is 1. The van der Waals surface area contributed by atoms with Gasteiger partial charge in [0.2, 0.25) is 0 Å². The Morgan fingerprint density at radius 1 is 1.50 bits per heavy atom. The van der Waals surface area contributed by atoms with Gasteiger partial charge >= 0.3 is 12.1 Å². The number of halogens is 3. The lowest BCUT2D eigenvalue weighted by Crippen LogP contribution is -2.51. The van der Waals surface area contributed by atoms with Crippen molar-refractivity contribution in [1.29, 1.82) is 0 Å². The van der Waals surface area contributed by atoms with E-state index in [0.717, 1.165) is 0 Å². The van der Waals surface area contributed by atoms with Crippen molar-refractivity contribution in [3.05, 3.63) is 0 Å². The highest BCUT2D eigenvalue weighted by Crippen LogP contribution is 2.36. The molecule has 0 amide bonds. The molecule has 0 radical (unpaired) electrons. The molecule has 1 aliphatic carbocycles. The van der Waals surface area contributed by atoms with E-state index in [2.05, 4.69) is 5.32 Å².